The maximum absolute atomic E-state index is 12.0. The van der Waals surface area contributed by atoms with Crippen molar-refractivity contribution in [2.24, 2.45) is 0 Å². The molecule has 0 aromatic carbocycles. The number of hydrogen-bond acceptors (Lipinski definition) is 12. The Morgan fingerprint density at radius 2 is 1.00 bits per heavy atom. The summed E-state index contributed by atoms with van der Waals surface area (Å²) in [5.41, 5.74) is 0.101. The fourth-order valence-electron chi connectivity index (χ4n) is 4.15. The van der Waals surface area contributed by atoms with Crippen LogP contribution in [0, 0.1) is 0 Å². The van der Waals surface area contributed by atoms with Crippen molar-refractivity contribution >= 4 is 81.1 Å². The number of allylic oxidation sites excluding steroid dienone is 4. The number of carbonyl (C=O) groups is 4. The normalized spacial score (nSPS) is 29.1. The molecule has 35 heavy (non-hydrogen) atoms. The van der Waals surface area contributed by atoms with Gasteiger partial charge in [-0.15, -0.1) is 0 Å². The van der Waals surface area contributed by atoms with Crippen LogP contribution in [0.1, 0.15) is 52.4 Å². The second-order valence-electron chi connectivity index (χ2n) is 8.75. The molecule has 0 aromatic heterocycles. The summed E-state index contributed by atoms with van der Waals surface area (Å²) in [6.45, 7) is 2.68. The van der Waals surface area contributed by atoms with Gasteiger partial charge in [-0.25, -0.2) is 16.8 Å². The Labute approximate surface area is 232 Å². The zero-order valence-corrected chi connectivity index (χ0v) is 22.9. The molecule has 0 N–H and O–H groups in total. The van der Waals surface area contributed by atoms with Gasteiger partial charge in [-0.1, -0.05) is 0 Å². The Morgan fingerprint density at radius 3 is 1.29 bits per heavy atom. The maximum Gasteiger partial charge on any atom is 2.00 e. The monoisotopic (exact) mass is 558 g/mol. The summed E-state index contributed by atoms with van der Waals surface area (Å²) in [6.07, 6.45) is 0.378. The van der Waals surface area contributed by atoms with Crippen LogP contribution < -0.4 is 0 Å². The van der Waals surface area contributed by atoms with Crippen LogP contribution in [0.4, 0.5) is 0 Å². The number of ether oxygens (including phenoxy) is 2. The van der Waals surface area contributed by atoms with Gasteiger partial charge in [0.05, 0.1) is 13.2 Å². The van der Waals surface area contributed by atoms with Crippen molar-refractivity contribution in [2.45, 2.75) is 61.9 Å². The minimum atomic E-state index is -4.87. The average Bonchev–Trinajstić information content (AvgIpc) is 2.75. The molecule has 2 atom stereocenters. The van der Waals surface area contributed by atoms with Crippen LogP contribution in [-0.2, 0) is 48.9 Å². The first-order valence-electron chi connectivity index (χ1n) is 10.3. The van der Waals surface area contributed by atoms with Crippen LogP contribution >= 0.6 is 0 Å². The third kappa shape index (κ3) is 5.29. The van der Waals surface area contributed by atoms with Crippen LogP contribution in [0.15, 0.2) is 22.7 Å². The molecular weight excluding hydrogens is 536 g/mol. The van der Waals surface area contributed by atoms with E-state index in [2.05, 4.69) is 0 Å². The molecule has 0 radical (unpaired) electrons. The van der Waals surface area contributed by atoms with Crippen molar-refractivity contribution in [3.8, 4) is 0 Å². The Kier molecular flexibility index (Phi) is 8.85. The summed E-state index contributed by atoms with van der Waals surface area (Å²) in [5, 5.41) is 0. The Morgan fingerprint density at radius 1 is 0.686 bits per heavy atom. The molecule has 4 rings (SSSR count). The van der Waals surface area contributed by atoms with Crippen LogP contribution in [0.25, 0.3) is 0 Å². The quantitative estimate of drug-likeness (QED) is 0.308. The molecule has 0 aromatic rings. The van der Waals surface area contributed by atoms with E-state index in [1.54, 1.807) is 0 Å². The van der Waals surface area contributed by atoms with Gasteiger partial charge >= 0.3 is 37.7 Å². The number of rotatable bonds is 2. The SMILES string of the molecule is CC1(S(=O)(=O)[O-])CC(=O)C2=C(CCCO2)C1=O.CC1(S(=O)(=O)[O-])CC(=O)C2=C(CCCO2)C1=O.[Ca+2]. The van der Waals surface area contributed by atoms with E-state index in [9.17, 15) is 45.1 Å². The van der Waals surface area contributed by atoms with Gasteiger partial charge in [0.25, 0.3) is 0 Å². The smallest absolute Gasteiger partial charge is 0.747 e. The molecular formula is C20H22CaO12S2. The molecule has 0 bridgehead atoms. The van der Waals surface area contributed by atoms with Gasteiger partial charge in [-0.05, 0) is 39.5 Å². The summed E-state index contributed by atoms with van der Waals surface area (Å²) >= 11 is 0. The predicted octanol–water partition coefficient (Wildman–Crippen LogP) is -0.587. The van der Waals surface area contributed by atoms with Gasteiger partial charge in [-0.2, -0.15) is 0 Å². The molecule has 0 saturated heterocycles. The van der Waals surface area contributed by atoms with E-state index in [-0.39, 0.29) is 73.2 Å². The van der Waals surface area contributed by atoms with Crippen LogP contribution in [0.3, 0.4) is 0 Å². The Hall–Kier alpha value is -1.16. The number of ketones is 4. The van der Waals surface area contributed by atoms with Gasteiger partial charge in [0.1, 0.15) is 29.7 Å². The number of Topliss-reactive ketones (excluding diaryl/α,β-unsaturated/α-hetero) is 4. The minimum absolute atomic E-state index is 0. The van der Waals surface area contributed by atoms with Crippen molar-refractivity contribution in [3.63, 3.8) is 0 Å². The molecule has 0 spiro atoms. The van der Waals surface area contributed by atoms with Gasteiger partial charge in [0.2, 0.25) is 0 Å². The van der Waals surface area contributed by atoms with Gasteiger partial charge in [0.15, 0.2) is 34.7 Å². The van der Waals surface area contributed by atoms with E-state index >= 15 is 0 Å². The van der Waals surface area contributed by atoms with Crippen LogP contribution in [-0.4, -0.2) is 110 Å². The molecule has 12 nitrogen and oxygen atoms in total. The van der Waals surface area contributed by atoms with E-state index in [0.29, 0.717) is 26.1 Å². The molecule has 2 unspecified atom stereocenters. The van der Waals surface area contributed by atoms with Gasteiger partial charge in [0, 0.05) is 24.0 Å². The fraction of sp³-hybridized carbons (Fsp3) is 0.600. The minimum Gasteiger partial charge on any atom is -0.747 e. The molecule has 2 aliphatic heterocycles. The first-order valence-corrected chi connectivity index (χ1v) is 13.1. The molecule has 15 heteroatoms. The van der Waals surface area contributed by atoms with Gasteiger partial charge in [-0.3, -0.25) is 19.2 Å². The van der Waals surface area contributed by atoms with E-state index in [1.807, 2.05) is 0 Å². The van der Waals surface area contributed by atoms with Crippen LogP contribution in [0.2, 0.25) is 0 Å². The zero-order valence-electron chi connectivity index (χ0n) is 19.1. The third-order valence-corrected chi connectivity index (χ3v) is 9.16. The largest absolute Gasteiger partial charge is 2.00 e. The third-order valence-electron chi connectivity index (χ3n) is 6.30. The summed E-state index contributed by atoms with van der Waals surface area (Å²) < 4.78 is 72.7. The second-order valence-corrected chi connectivity index (χ2v) is 12.4. The zero-order chi connectivity index (χ0) is 25.7. The van der Waals surface area contributed by atoms with Crippen LogP contribution in [0.5, 0.6) is 0 Å². The van der Waals surface area contributed by atoms with E-state index in [0.717, 1.165) is 13.8 Å². The molecule has 188 valence electrons. The predicted molar refractivity (Wildman–Crippen MR) is 116 cm³/mol. The second kappa shape index (κ2) is 10.3. The first kappa shape index (κ1) is 30.1. The molecule has 2 heterocycles. The summed E-state index contributed by atoms with van der Waals surface area (Å²) in [7, 11) is -9.74. The average molecular weight is 559 g/mol. The molecule has 0 fully saturated rings. The van der Waals surface area contributed by atoms with Crippen molar-refractivity contribution in [2.75, 3.05) is 13.2 Å². The van der Waals surface area contributed by atoms with E-state index in [4.69, 9.17) is 9.47 Å². The Balaban J connectivity index is 0.000000240. The van der Waals surface area contributed by atoms with Crippen molar-refractivity contribution in [1.29, 1.82) is 0 Å². The maximum atomic E-state index is 12.0. The summed E-state index contributed by atoms with van der Waals surface area (Å²) in [5.74, 6) is -2.85. The van der Waals surface area contributed by atoms with E-state index in [1.165, 1.54) is 0 Å². The standard InChI is InChI=1S/2C10H12O6S.Ca/c2*1-10(17(13,14)15)5-7(11)8-6(9(10)12)3-2-4-16-8;/h2*2-5H2,1H3,(H,13,14,15);/q;;+2/p-2. The molecule has 2 aliphatic carbocycles. The summed E-state index contributed by atoms with van der Waals surface area (Å²) in [6, 6.07) is 0. The topological polar surface area (TPSA) is 201 Å². The van der Waals surface area contributed by atoms with Crippen molar-refractivity contribution < 1.29 is 54.6 Å². The number of hydrogen-bond donors (Lipinski definition) is 0. The molecule has 4 aliphatic rings. The molecule has 0 saturated carbocycles. The number of carbonyl (C=O) groups excluding carboxylic acids is 4. The van der Waals surface area contributed by atoms with Gasteiger partial charge < -0.3 is 18.6 Å². The molecule has 0 amide bonds. The first-order chi connectivity index (χ1) is 15.5. The van der Waals surface area contributed by atoms with Crippen molar-refractivity contribution in [1.82, 2.24) is 0 Å². The van der Waals surface area contributed by atoms with E-state index < -0.39 is 65.7 Å². The summed E-state index contributed by atoms with van der Waals surface area (Å²) in [4.78, 5) is 47.4. The van der Waals surface area contributed by atoms with Crippen molar-refractivity contribution in [3.05, 3.63) is 22.7 Å². The fourth-order valence-corrected chi connectivity index (χ4v) is 5.47. The Bertz CT molecular complexity index is 1160.